The summed E-state index contributed by atoms with van der Waals surface area (Å²) in [5.41, 5.74) is -0.576. The Labute approximate surface area is 165 Å². The zero-order chi connectivity index (χ0) is 20.1. The van der Waals surface area contributed by atoms with Crippen molar-refractivity contribution in [2.45, 2.75) is 45.3 Å². The molecular formula is C22H28N2O4. The van der Waals surface area contributed by atoms with Crippen LogP contribution in [0.3, 0.4) is 0 Å². The van der Waals surface area contributed by atoms with Crippen LogP contribution in [-0.2, 0) is 9.53 Å². The molecule has 2 amide bonds. The van der Waals surface area contributed by atoms with Crippen molar-refractivity contribution in [1.82, 2.24) is 10.2 Å². The molecule has 1 unspecified atom stereocenters. The average Bonchev–Trinajstić information content (AvgIpc) is 3.14. The molecule has 0 aromatic heterocycles. The summed E-state index contributed by atoms with van der Waals surface area (Å²) in [5.74, 6) is 0.633. The van der Waals surface area contributed by atoms with Gasteiger partial charge < -0.3 is 14.8 Å². The van der Waals surface area contributed by atoms with Crippen molar-refractivity contribution in [3.63, 3.8) is 0 Å². The molecule has 2 aromatic carbocycles. The fraction of sp³-hybridized carbons (Fsp3) is 0.455. The van der Waals surface area contributed by atoms with Gasteiger partial charge in [-0.3, -0.25) is 9.69 Å². The highest BCUT2D eigenvalue weighted by Gasteiger charge is 2.36. The van der Waals surface area contributed by atoms with Crippen LogP contribution >= 0.6 is 0 Å². The zero-order valence-electron chi connectivity index (χ0n) is 16.7. The Hall–Kier alpha value is -2.76. The van der Waals surface area contributed by atoms with Gasteiger partial charge in [-0.25, -0.2) is 4.79 Å². The predicted octanol–water partition coefficient (Wildman–Crippen LogP) is 3.73. The first kappa shape index (κ1) is 20.0. The minimum Gasteiger partial charge on any atom is -0.491 e. The lowest BCUT2D eigenvalue weighted by Gasteiger charge is -2.28. The fourth-order valence-electron chi connectivity index (χ4n) is 3.35. The summed E-state index contributed by atoms with van der Waals surface area (Å²) in [7, 11) is 0. The van der Waals surface area contributed by atoms with E-state index in [1.165, 1.54) is 4.90 Å². The lowest BCUT2D eigenvalue weighted by atomic mass is 10.1. The molecule has 1 aliphatic rings. The number of carbonyl (C=O) groups excluding carboxylic acids is 2. The molecule has 28 heavy (non-hydrogen) atoms. The van der Waals surface area contributed by atoms with Crippen LogP contribution in [0.1, 0.15) is 33.6 Å². The maximum absolute atomic E-state index is 12.5. The number of benzene rings is 2. The van der Waals surface area contributed by atoms with Gasteiger partial charge in [-0.05, 0) is 45.1 Å². The molecule has 2 aromatic rings. The van der Waals surface area contributed by atoms with Crippen LogP contribution in [0.15, 0.2) is 42.5 Å². The number of rotatable bonds is 5. The molecule has 6 heteroatoms. The van der Waals surface area contributed by atoms with Crippen LogP contribution in [0.25, 0.3) is 10.8 Å². The van der Waals surface area contributed by atoms with E-state index in [-0.39, 0.29) is 5.91 Å². The molecule has 1 aliphatic heterocycles. The van der Waals surface area contributed by atoms with E-state index in [0.717, 1.165) is 22.9 Å². The second kappa shape index (κ2) is 8.50. The summed E-state index contributed by atoms with van der Waals surface area (Å²) in [4.78, 5) is 26.4. The molecule has 150 valence electrons. The Bertz CT molecular complexity index is 839. The molecule has 0 spiro atoms. The highest BCUT2D eigenvalue weighted by Crippen LogP contribution is 2.25. The van der Waals surface area contributed by atoms with Crippen LogP contribution in [0, 0.1) is 0 Å². The van der Waals surface area contributed by atoms with Crippen molar-refractivity contribution < 1.29 is 19.1 Å². The van der Waals surface area contributed by atoms with Crippen LogP contribution in [0.4, 0.5) is 4.79 Å². The number of ether oxygens (including phenoxy) is 2. The van der Waals surface area contributed by atoms with Gasteiger partial charge >= 0.3 is 6.09 Å². The first-order valence-electron chi connectivity index (χ1n) is 9.73. The summed E-state index contributed by atoms with van der Waals surface area (Å²) in [5, 5.41) is 5.04. The molecule has 1 heterocycles. The maximum atomic E-state index is 12.5. The number of amides is 2. The van der Waals surface area contributed by atoms with E-state index in [1.54, 1.807) is 0 Å². The minimum atomic E-state index is -0.576. The lowest BCUT2D eigenvalue weighted by molar-refractivity contribution is -0.125. The Morgan fingerprint density at radius 3 is 2.68 bits per heavy atom. The van der Waals surface area contributed by atoms with Gasteiger partial charge in [-0.2, -0.15) is 0 Å². The highest BCUT2D eigenvalue weighted by atomic mass is 16.6. The number of hydrogen-bond acceptors (Lipinski definition) is 4. The van der Waals surface area contributed by atoms with Gasteiger partial charge in [0.2, 0.25) is 5.91 Å². The summed E-state index contributed by atoms with van der Waals surface area (Å²) in [6, 6.07) is 13.4. The Kier molecular flexibility index (Phi) is 6.07. The third-order valence-corrected chi connectivity index (χ3v) is 4.59. The quantitative estimate of drug-likeness (QED) is 0.798. The van der Waals surface area contributed by atoms with Gasteiger partial charge in [-0.1, -0.05) is 36.4 Å². The van der Waals surface area contributed by atoms with Gasteiger partial charge in [0.15, 0.2) is 0 Å². The third kappa shape index (κ3) is 4.94. The molecule has 6 nitrogen and oxygen atoms in total. The maximum Gasteiger partial charge on any atom is 0.410 e. The van der Waals surface area contributed by atoms with Crippen molar-refractivity contribution in [1.29, 1.82) is 0 Å². The van der Waals surface area contributed by atoms with E-state index in [4.69, 9.17) is 9.47 Å². The average molecular weight is 384 g/mol. The normalized spacial score (nSPS) is 16.8. The largest absolute Gasteiger partial charge is 0.491 e. The summed E-state index contributed by atoms with van der Waals surface area (Å²) >= 11 is 0. The molecule has 1 N–H and O–H groups in total. The zero-order valence-corrected chi connectivity index (χ0v) is 16.7. The molecule has 1 fully saturated rings. The summed E-state index contributed by atoms with van der Waals surface area (Å²) in [6.07, 6.45) is 1.01. The van der Waals surface area contributed by atoms with Crippen LogP contribution in [0.2, 0.25) is 0 Å². The van der Waals surface area contributed by atoms with E-state index < -0.39 is 17.7 Å². The molecule has 0 aliphatic carbocycles. The van der Waals surface area contributed by atoms with Crippen molar-refractivity contribution in [2.24, 2.45) is 0 Å². The van der Waals surface area contributed by atoms with Gasteiger partial charge in [0.25, 0.3) is 0 Å². The SMILES string of the molecule is CC(C)(C)OC(=O)N1CCCC1C(=O)NCCOc1cccc2ccccc12. The van der Waals surface area contributed by atoms with Crippen molar-refractivity contribution in [2.75, 3.05) is 19.7 Å². The third-order valence-electron chi connectivity index (χ3n) is 4.59. The van der Waals surface area contributed by atoms with Crippen LogP contribution < -0.4 is 10.1 Å². The molecular weight excluding hydrogens is 356 g/mol. The number of likely N-dealkylation sites (tertiary alicyclic amines) is 1. The Balaban J connectivity index is 1.50. The molecule has 1 atom stereocenters. The molecule has 1 saturated heterocycles. The topological polar surface area (TPSA) is 67.9 Å². The van der Waals surface area contributed by atoms with Crippen LogP contribution in [-0.4, -0.2) is 48.2 Å². The van der Waals surface area contributed by atoms with E-state index in [1.807, 2.05) is 63.2 Å². The van der Waals surface area contributed by atoms with Crippen LogP contribution in [0.5, 0.6) is 5.75 Å². The second-order valence-corrected chi connectivity index (χ2v) is 7.95. The van der Waals surface area contributed by atoms with Crippen molar-refractivity contribution in [3.8, 4) is 5.75 Å². The fourth-order valence-corrected chi connectivity index (χ4v) is 3.35. The second-order valence-electron chi connectivity index (χ2n) is 7.95. The van der Waals surface area contributed by atoms with Crippen molar-refractivity contribution >= 4 is 22.8 Å². The number of carbonyl (C=O) groups is 2. The molecule has 0 saturated carbocycles. The minimum absolute atomic E-state index is 0.162. The summed E-state index contributed by atoms with van der Waals surface area (Å²) in [6.45, 7) is 6.74. The van der Waals surface area contributed by atoms with Gasteiger partial charge in [0.1, 0.15) is 24.0 Å². The summed E-state index contributed by atoms with van der Waals surface area (Å²) < 4.78 is 11.3. The number of nitrogens with one attached hydrogen (secondary N) is 1. The molecule has 0 radical (unpaired) electrons. The predicted molar refractivity (Wildman–Crippen MR) is 108 cm³/mol. The highest BCUT2D eigenvalue weighted by molar-refractivity contribution is 5.88. The van der Waals surface area contributed by atoms with E-state index >= 15 is 0 Å². The smallest absolute Gasteiger partial charge is 0.410 e. The first-order valence-corrected chi connectivity index (χ1v) is 9.73. The van der Waals surface area contributed by atoms with E-state index in [0.29, 0.717) is 26.1 Å². The molecule has 3 rings (SSSR count). The van der Waals surface area contributed by atoms with Gasteiger partial charge in [0, 0.05) is 11.9 Å². The Morgan fingerprint density at radius 1 is 1.14 bits per heavy atom. The van der Waals surface area contributed by atoms with Crippen molar-refractivity contribution in [3.05, 3.63) is 42.5 Å². The monoisotopic (exact) mass is 384 g/mol. The van der Waals surface area contributed by atoms with Gasteiger partial charge in [-0.15, -0.1) is 0 Å². The lowest BCUT2D eigenvalue weighted by Crippen LogP contribution is -2.48. The molecule has 0 bridgehead atoms. The number of fused-ring (bicyclic) bond motifs is 1. The van der Waals surface area contributed by atoms with Gasteiger partial charge in [0.05, 0.1) is 6.54 Å². The number of hydrogen-bond donors (Lipinski definition) is 1. The first-order chi connectivity index (χ1) is 13.3. The number of nitrogens with zero attached hydrogens (tertiary/aromatic N) is 1. The van der Waals surface area contributed by atoms with E-state index in [2.05, 4.69) is 5.32 Å². The standard InChI is InChI=1S/C22H28N2O4/c1-22(2,3)28-21(26)24-14-7-11-18(24)20(25)23-13-15-27-19-12-6-9-16-8-4-5-10-17(16)19/h4-6,8-10,12,18H,7,11,13-15H2,1-3H3,(H,23,25). The Morgan fingerprint density at radius 2 is 1.89 bits per heavy atom. The van der Waals surface area contributed by atoms with E-state index in [9.17, 15) is 9.59 Å².